The largest absolute Gasteiger partial charge is 0.456 e. The average molecular weight is 342 g/mol. The second kappa shape index (κ2) is 6.20. The minimum atomic E-state index is -0.866. The molecule has 0 fully saturated rings. The van der Waals surface area contributed by atoms with Crippen molar-refractivity contribution in [3.05, 3.63) is 71.3 Å². The molecule has 0 radical (unpaired) electrons. The number of primary amides is 2. The van der Waals surface area contributed by atoms with Crippen molar-refractivity contribution in [1.29, 1.82) is 0 Å². The average Bonchev–Trinajstić information content (AvgIpc) is 3.03. The summed E-state index contributed by atoms with van der Waals surface area (Å²) in [5.41, 5.74) is 10.5. The van der Waals surface area contributed by atoms with E-state index in [2.05, 4.69) is 0 Å². The van der Waals surface area contributed by atoms with Crippen LogP contribution in [0.3, 0.4) is 0 Å². The lowest BCUT2D eigenvalue weighted by Crippen LogP contribution is -2.12. The summed E-state index contributed by atoms with van der Waals surface area (Å²) in [6.07, 6.45) is 0. The highest BCUT2D eigenvalue weighted by atomic mass is 19.1. The lowest BCUT2D eigenvalue weighted by molar-refractivity contribution is 0.0987. The first-order chi connectivity index (χ1) is 11.9. The molecule has 5 nitrogen and oxygen atoms in total. The second-order valence-corrected chi connectivity index (χ2v) is 5.28. The number of benzene rings is 2. The Kier molecular flexibility index (Phi) is 4.06. The van der Waals surface area contributed by atoms with Crippen molar-refractivity contribution in [3.8, 4) is 22.6 Å². The van der Waals surface area contributed by atoms with Gasteiger partial charge in [0.2, 0.25) is 0 Å². The fourth-order valence-corrected chi connectivity index (χ4v) is 2.38. The smallest absolute Gasteiger partial charge is 0.251 e. The number of halogens is 2. The topological polar surface area (TPSA) is 99.3 Å². The Morgan fingerprint density at radius 2 is 1.12 bits per heavy atom. The predicted octanol–water partition coefficient (Wildman–Crippen LogP) is 3.09. The zero-order valence-corrected chi connectivity index (χ0v) is 12.8. The quantitative estimate of drug-likeness (QED) is 0.762. The molecule has 0 unspecified atom stereocenters. The van der Waals surface area contributed by atoms with Crippen LogP contribution in [0.2, 0.25) is 0 Å². The van der Waals surface area contributed by atoms with Crippen molar-refractivity contribution in [2.75, 3.05) is 0 Å². The summed E-state index contributed by atoms with van der Waals surface area (Å²) in [7, 11) is 0. The Hall–Kier alpha value is -3.48. The first-order valence-electron chi connectivity index (χ1n) is 7.16. The molecule has 0 saturated carbocycles. The van der Waals surface area contributed by atoms with Gasteiger partial charge >= 0.3 is 0 Å². The Bertz CT molecular complexity index is 918. The molecule has 3 aromatic rings. The van der Waals surface area contributed by atoms with Gasteiger partial charge in [-0.25, -0.2) is 8.78 Å². The van der Waals surface area contributed by atoms with Gasteiger partial charge < -0.3 is 15.9 Å². The summed E-state index contributed by atoms with van der Waals surface area (Å²) in [6.45, 7) is 0. The van der Waals surface area contributed by atoms with E-state index in [9.17, 15) is 18.4 Å². The maximum absolute atomic E-state index is 13.9. The summed E-state index contributed by atoms with van der Waals surface area (Å²) in [5, 5.41) is 0. The summed E-state index contributed by atoms with van der Waals surface area (Å²) < 4.78 is 33.3. The third-order valence-electron chi connectivity index (χ3n) is 3.64. The number of hydrogen-bond acceptors (Lipinski definition) is 3. The number of nitrogens with two attached hydrogens (primary N) is 2. The SMILES string of the molecule is NC(=O)c1ccc(-c2ccc(-c3ccc(C(N)=O)c(F)c3)o2)cc1F. The molecule has 2 amide bonds. The third kappa shape index (κ3) is 3.12. The standard InChI is InChI=1S/C18H12F2N2O3/c19-13-7-9(1-3-11(13)17(21)23)15-5-6-16(25-15)10-2-4-12(18(22)24)14(20)8-10/h1-8H,(H2,21,23)(H2,22,24). The van der Waals surface area contributed by atoms with E-state index in [1.807, 2.05) is 0 Å². The monoisotopic (exact) mass is 342 g/mol. The van der Waals surface area contributed by atoms with Gasteiger partial charge in [-0.3, -0.25) is 9.59 Å². The van der Waals surface area contributed by atoms with Crippen molar-refractivity contribution in [3.63, 3.8) is 0 Å². The zero-order valence-electron chi connectivity index (χ0n) is 12.8. The van der Waals surface area contributed by atoms with Gasteiger partial charge in [0.05, 0.1) is 11.1 Å². The van der Waals surface area contributed by atoms with Crippen molar-refractivity contribution < 1.29 is 22.8 Å². The molecule has 0 aliphatic rings. The molecular weight excluding hydrogens is 330 g/mol. The van der Waals surface area contributed by atoms with Gasteiger partial charge in [0.15, 0.2) is 0 Å². The van der Waals surface area contributed by atoms with E-state index in [1.54, 1.807) is 12.1 Å². The van der Waals surface area contributed by atoms with Crippen LogP contribution in [0.5, 0.6) is 0 Å². The van der Waals surface area contributed by atoms with Crippen LogP contribution in [0, 0.1) is 11.6 Å². The molecule has 0 bridgehead atoms. The Morgan fingerprint density at radius 3 is 1.44 bits per heavy atom. The lowest BCUT2D eigenvalue weighted by Gasteiger charge is -2.03. The number of furan rings is 1. The molecule has 126 valence electrons. The van der Waals surface area contributed by atoms with E-state index in [0.29, 0.717) is 22.6 Å². The van der Waals surface area contributed by atoms with Gasteiger partial charge in [-0.2, -0.15) is 0 Å². The number of carbonyl (C=O) groups excluding carboxylic acids is 2. The van der Waals surface area contributed by atoms with Crippen LogP contribution in [0.15, 0.2) is 52.9 Å². The molecule has 4 N–H and O–H groups in total. The highest BCUT2D eigenvalue weighted by Gasteiger charge is 2.14. The Labute approximate surface area is 140 Å². The van der Waals surface area contributed by atoms with Gasteiger partial charge in [0.1, 0.15) is 23.2 Å². The lowest BCUT2D eigenvalue weighted by atomic mass is 10.1. The number of carbonyl (C=O) groups is 2. The van der Waals surface area contributed by atoms with Gasteiger partial charge in [-0.15, -0.1) is 0 Å². The summed E-state index contributed by atoms with van der Waals surface area (Å²) >= 11 is 0. The van der Waals surface area contributed by atoms with Crippen molar-refractivity contribution in [2.45, 2.75) is 0 Å². The highest BCUT2D eigenvalue weighted by molar-refractivity contribution is 5.94. The van der Waals surface area contributed by atoms with E-state index in [-0.39, 0.29) is 11.1 Å². The molecular formula is C18H12F2N2O3. The molecule has 0 atom stereocenters. The first-order valence-corrected chi connectivity index (χ1v) is 7.16. The maximum atomic E-state index is 13.9. The number of rotatable bonds is 4. The van der Waals surface area contributed by atoms with Gasteiger partial charge in [-0.1, -0.05) is 12.1 Å². The third-order valence-corrected chi connectivity index (χ3v) is 3.64. The fourth-order valence-electron chi connectivity index (χ4n) is 2.38. The molecule has 2 aromatic carbocycles. The van der Waals surface area contributed by atoms with Gasteiger partial charge in [0, 0.05) is 11.1 Å². The van der Waals surface area contributed by atoms with E-state index in [0.717, 1.165) is 12.1 Å². The number of amides is 2. The minimum Gasteiger partial charge on any atom is -0.456 e. The summed E-state index contributed by atoms with van der Waals surface area (Å²) in [6, 6.07) is 10.9. The van der Waals surface area contributed by atoms with Crippen LogP contribution in [0.4, 0.5) is 8.78 Å². The second-order valence-electron chi connectivity index (χ2n) is 5.28. The number of hydrogen-bond donors (Lipinski definition) is 2. The molecule has 3 rings (SSSR count). The molecule has 25 heavy (non-hydrogen) atoms. The minimum absolute atomic E-state index is 0.223. The Balaban J connectivity index is 1.95. The van der Waals surface area contributed by atoms with Crippen LogP contribution in [0.25, 0.3) is 22.6 Å². The Morgan fingerprint density at radius 1 is 0.720 bits per heavy atom. The summed E-state index contributed by atoms with van der Waals surface area (Å²) in [5.74, 6) is -2.61. The van der Waals surface area contributed by atoms with Crippen LogP contribution < -0.4 is 11.5 Å². The van der Waals surface area contributed by atoms with Crippen LogP contribution in [-0.2, 0) is 0 Å². The molecule has 1 heterocycles. The molecule has 0 aliphatic heterocycles. The molecule has 0 saturated heterocycles. The molecule has 1 aromatic heterocycles. The maximum Gasteiger partial charge on any atom is 0.251 e. The van der Waals surface area contributed by atoms with E-state index >= 15 is 0 Å². The predicted molar refractivity (Wildman–Crippen MR) is 86.5 cm³/mol. The molecule has 0 spiro atoms. The van der Waals surface area contributed by atoms with Crippen LogP contribution >= 0.6 is 0 Å². The van der Waals surface area contributed by atoms with E-state index in [4.69, 9.17) is 15.9 Å². The zero-order chi connectivity index (χ0) is 18.1. The normalized spacial score (nSPS) is 10.6. The highest BCUT2D eigenvalue weighted by Crippen LogP contribution is 2.30. The van der Waals surface area contributed by atoms with Crippen molar-refractivity contribution in [1.82, 2.24) is 0 Å². The fraction of sp³-hybridized carbons (Fsp3) is 0. The van der Waals surface area contributed by atoms with Crippen molar-refractivity contribution >= 4 is 11.8 Å². The molecule has 7 heteroatoms. The van der Waals surface area contributed by atoms with Gasteiger partial charge in [-0.05, 0) is 36.4 Å². The first kappa shape index (κ1) is 16.4. The van der Waals surface area contributed by atoms with Crippen LogP contribution in [0.1, 0.15) is 20.7 Å². The van der Waals surface area contributed by atoms with E-state index < -0.39 is 23.4 Å². The van der Waals surface area contributed by atoms with Gasteiger partial charge in [0.25, 0.3) is 11.8 Å². The van der Waals surface area contributed by atoms with E-state index in [1.165, 1.54) is 24.3 Å². The summed E-state index contributed by atoms with van der Waals surface area (Å²) in [4.78, 5) is 22.1. The molecule has 0 aliphatic carbocycles. The van der Waals surface area contributed by atoms with Crippen molar-refractivity contribution in [2.24, 2.45) is 11.5 Å². The van der Waals surface area contributed by atoms with Crippen LogP contribution in [-0.4, -0.2) is 11.8 Å².